The summed E-state index contributed by atoms with van der Waals surface area (Å²) < 4.78 is 41.9. The second-order valence-electron chi connectivity index (χ2n) is 7.96. The van der Waals surface area contributed by atoms with Gasteiger partial charge in [-0.2, -0.15) is 0 Å². The maximum absolute atomic E-state index is 12.8. The van der Waals surface area contributed by atoms with Gasteiger partial charge in [-0.05, 0) is 67.0 Å². The highest BCUT2D eigenvalue weighted by molar-refractivity contribution is 6.34. The molecule has 0 radical (unpaired) electrons. The molecule has 3 atom stereocenters. The zero-order valence-corrected chi connectivity index (χ0v) is 18.7. The Kier molecular flexibility index (Phi) is 8.31. The number of carbonyl (C=O) groups is 1. The van der Waals surface area contributed by atoms with Crippen LogP contribution in [0.15, 0.2) is 42.5 Å². The zero-order valence-electron chi connectivity index (χ0n) is 17.2. The van der Waals surface area contributed by atoms with Gasteiger partial charge in [0.1, 0.15) is 5.75 Å². The number of halogens is 5. The van der Waals surface area contributed by atoms with Crippen LogP contribution in [0, 0.1) is 11.8 Å². The first-order chi connectivity index (χ1) is 15.1. The summed E-state index contributed by atoms with van der Waals surface area (Å²) in [6, 6.07) is 10.9. The van der Waals surface area contributed by atoms with E-state index in [-0.39, 0.29) is 42.9 Å². The lowest BCUT2D eigenvalue weighted by Crippen LogP contribution is -2.36. The summed E-state index contributed by atoms with van der Waals surface area (Å²) in [6.45, 7) is 0.264. The summed E-state index contributed by atoms with van der Waals surface area (Å²) in [5, 5.41) is 14.6. The van der Waals surface area contributed by atoms with Gasteiger partial charge in [-0.25, -0.2) is 0 Å². The Bertz CT molecular complexity index is 919. The number of para-hydroxylation sites is 1. The number of aliphatic hydroxyl groups is 1. The van der Waals surface area contributed by atoms with Crippen molar-refractivity contribution >= 4 is 29.1 Å². The highest BCUT2D eigenvalue weighted by atomic mass is 35.5. The number of amides is 1. The average Bonchev–Trinajstić information content (AvgIpc) is 3.19. The van der Waals surface area contributed by atoms with Gasteiger partial charge in [0, 0.05) is 22.5 Å². The summed E-state index contributed by atoms with van der Waals surface area (Å²) in [5.41, 5.74) is 1.13. The molecule has 1 fully saturated rings. The van der Waals surface area contributed by atoms with Gasteiger partial charge in [0.05, 0.1) is 6.10 Å². The predicted octanol–water partition coefficient (Wildman–Crippen LogP) is 5.92. The molecule has 0 aromatic heterocycles. The van der Waals surface area contributed by atoms with E-state index in [2.05, 4.69) is 10.1 Å². The Balaban J connectivity index is 1.57. The van der Waals surface area contributed by atoms with Gasteiger partial charge in [0.25, 0.3) is 0 Å². The molecule has 2 N–H and O–H groups in total. The van der Waals surface area contributed by atoms with Crippen molar-refractivity contribution < 1.29 is 27.8 Å². The van der Waals surface area contributed by atoms with E-state index in [4.69, 9.17) is 23.2 Å². The van der Waals surface area contributed by atoms with Crippen molar-refractivity contribution in [3.8, 4) is 5.75 Å². The molecule has 0 aliphatic heterocycles. The van der Waals surface area contributed by atoms with E-state index in [1.165, 1.54) is 12.1 Å². The topological polar surface area (TPSA) is 58.6 Å². The summed E-state index contributed by atoms with van der Waals surface area (Å²) in [6.07, 6.45) is -3.02. The number of nitrogens with one attached hydrogen (secondary N) is 1. The second-order valence-corrected chi connectivity index (χ2v) is 8.83. The lowest BCUT2D eigenvalue weighted by atomic mass is 9.87. The smallest absolute Gasteiger partial charge is 0.406 e. The van der Waals surface area contributed by atoms with Gasteiger partial charge in [0.15, 0.2) is 0 Å². The van der Waals surface area contributed by atoms with E-state index in [1.54, 1.807) is 30.3 Å². The van der Waals surface area contributed by atoms with Gasteiger partial charge >= 0.3 is 6.36 Å². The highest BCUT2D eigenvalue weighted by Gasteiger charge is 2.37. The minimum absolute atomic E-state index is 0.163. The van der Waals surface area contributed by atoms with Gasteiger partial charge < -0.3 is 15.2 Å². The molecule has 1 saturated carbocycles. The van der Waals surface area contributed by atoms with Crippen molar-refractivity contribution in [2.75, 3.05) is 0 Å². The predicted molar refractivity (Wildman–Crippen MR) is 117 cm³/mol. The molecule has 3 rings (SSSR count). The number of carbonyl (C=O) groups excluding carboxylic acids is 1. The van der Waals surface area contributed by atoms with E-state index >= 15 is 0 Å². The molecule has 4 nitrogen and oxygen atoms in total. The Morgan fingerprint density at radius 2 is 1.84 bits per heavy atom. The van der Waals surface area contributed by atoms with Crippen LogP contribution in [0.3, 0.4) is 0 Å². The third-order valence-electron chi connectivity index (χ3n) is 5.70. The molecular formula is C23H24Cl2F3NO3. The first-order valence-corrected chi connectivity index (χ1v) is 11.1. The molecule has 1 unspecified atom stereocenters. The van der Waals surface area contributed by atoms with Crippen molar-refractivity contribution in [2.45, 2.75) is 51.1 Å². The zero-order chi connectivity index (χ0) is 23.3. The molecule has 32 heavy (non-hydrogen) atoms. The molecule has 0 saturated heterocycles. The van der Waals surface area contributed by atoms with E-state index < -0.39 is 12.5 Å². The molecule has 174 valence electrons. The van der Waals surface area contributed by atoms with Crippen LogP contribution in [0.4, 0.5) is 13.2 Å². The lowest BCUT2D eigenvalue weighted by molar-refractivity contribution is -0.274. The van der Waals surface area contributed by atoms with Gasteiger partial charge in [-0.15, -0.1) is 13.2 Å². The van der Waals surface area contributed by atoms with Crippen LogP contribution in [-0.2, 0) is 17.8 Å². The Morgan fingerprint density at radius 3 is 2.53 bits per heavy atom. The largest absolute Gasteiger partial charge is 0.573 e. The van der Waals surface area contributed by atoms with Gasteiger partial charge in [-0.1, -0.05) is 47.8 Å². The van der Waals surface area contributed by atoms with E-state index in [1.807, 2.05) is 0 Å². The summed E-state index contributed by atoms with van der Waals surface area (Å²) in [7, 11) is 0. The highest BCUT2D eigenvalue weighted by Crippen LogP contribution is 2.36. The van der Waals surface area contributed by atoms with Crippen LogP contribution in [0.5, 0.6) is 5.75 Å². The van der Waals surface area contributed by atoms with Crippen molar-refractivity contribution in [2.24, 2.45) is 11.8 Å². The average molecular weight is 490 g/mol. The summed E-state index contributed by atoms with van der Waals surface area (Å²) >= 11 is 12.0. The molecule has 1 aliphatic carbocycles. The van der Waals surface area contributed by atoms with E-state index in [0.717, 1.165) is 12.0 Å². The molecule has 1 amide bonds. The van der Waals surface area contributed by atoms with Crippen molar-refractivity contribution in [3.05, 3.63) is 63.6 Å². The first-order valence-electron chi connectivity index (χ1n) is 10.4. The first kappa shape index (κ1) is 24.7. The number of ether oxygens (including phenoxy) is 1. The minimum atomic E-state index is -4.78. The summed E-state index contributed by atoms with van der Waals surface area (Å²) in [4.78, 5) is 12.8. The third-order valence-corrected chi connectivity index (χ3v) is 6.13. The van der Waals surface area contributed by atoms with Crippen molar-refractivity contribution in [1.82, 2.24) is 5.32 Å². The standard InChI is InChI=1S/C23H24Cl2F3NO3/c24-16-10-14(11-17(25)12-16)13-29-22(31)19-6-3-5-18(19)20(30)9-8-15-4-1-2-7-21(15)32-23(26,27)28/h1-2,4,7,10-12,18-20,30H,3,5-6,8-9,13H2,(H,29,31)/t18-,19-,20?/m1/s1. The van der Waals surface area contributed by atoms with Gasteiger partial charge in [-0.3, -0.25) is 4.79 Å². The maximum Gasteiger partial charge on any atom is 0.573 e. The lowest BCUT2D eigenvalue weighted by Gasteiger charge is -2.24. The number of benzene rings is 2. The van der Waals surface area contributed by atoms with Crippen LogP contribution in [0.2, 0.25) is 10.0 Å². The quantitative estimate of drug-likeness (QED) is 0.483. The Labute approximate surface area is 194 Å². The number of aryl methyl sites for hydroxylation is 1. The molecule has 0 bridgehead atoms. The fourth-order valence-corrected chi connectivity index (χ4v) is 4.83. The van der Waals surface area contributed by atoms with Crippen LogP contribution in [-0.4, -0.2) is 23.5 Å². The fourth-order valence-electron chi connectivity index (χ4n) is 4.26. The number of aliphatic hydroxyl groups excluding tert-OH is 1. The molecule has 1 aliphatic rings. The Morgan fingerprint density at radius 1 is 1.16 bits per heavy atom. The van der Waals surface area contributed by atoms with Crippen molar-refractivity contribution in [1.29, 1.82) is 0 Å². The van der Waals surface area contributed by atoms with Crippen LogP contribution in [0.1, 0.15) is 36.8 Å². The molecule has 2 aromatic carbocycles. The monoisotopic (exact) mass is 489 g/mol. The number of hydrogen-bond donors (Lipinski definition) is 2. The second kappa shape index (κ2) is 10.8. The van der Waals surface area contributed by atoms with Crippen molar-refractivity contribution in [3.63, 3.8) is 0 Å². The number of alkyl halides is 3. The molecule has 2 aromatic rings. The minimum Gasteiger partial charge on any atom is -0.406 e. The maximum atomic E-state index is 12.8. The van der Waals surface area contributed by atoms with Crippen LogP contribution in [0.25, 0.3) is 0 Å². The van der Waals surface area contributed by atoms with E-state index in [0.29, 0.717) is 28.5 Å². The third kappa shape index (κ3) is 7.02. The Hall–Kier alpha value is -1.96. The summed E-state index contributed by atoms with van der Waals surface area (Å²) in [5.74, 6) is -1.05. The van der Waals surface area contributed by atoms with Gasteiger partial charge in [0.2, 0.25) is 5.91 Å². The molecular weight excluding hydrogens is 466 g/mol. The van der Waals surface area contributed by atoms with Crippen LogP contribution < -0.4 is 10.1 Å². The SMILES string of the molecule is O=C(NCc1cc(Cl)cc(Cl)c1)[C@@H]1CCC[C@H]1C(O)CCc1ccccc1OC(F)(F)F. The fraction of sp³-hybridized carbons (Fsp3) is 0.435. The van der Waals surface area contributed by atoms with E-state index in [9.17, 15) is 23.1 Å². The molecule has 0 heterocycles. The number of hydrogen-bond acceptors (Lipinski definition) is 3. The normalized spacial score (nSPS) is 19.6. The molecule has 9 heteroatoms. The number of rotatable bonds is 8. The molecule has 0 spiro atoms. The van der Waals surface area contributed by atoms with Crippen LogP contribution >= 0.6 is 23.2 Å².